The zero-order valence-electron chi connectivity index (χ0n) is 12.4. The minimum atomic E-state index is -1.71. The summed E-state index contributed by atoms with van der Waals surface area (Å²) in [5.74, 6) is -6.73. The van der Waals surface area contributed by atoms with E-state index in [2.05, 4.69) is 0 Å². The Kier molecular flexibility index (Phi) is 3.59. The molecule has 2 aliphatic heterocycles. The summed E-state index contributed by atoms with van der Waals surface area (Å²) in [5.41, 5.74) is -1.68. The molecule has 0 saturated carbocycles. The Labute approximate surface area is 130 Å². The van der Waals surface area contributed by atoms with Gasteiger partial charge in [0.25, 0.3) is 5.91 Å². The van der Waals surface area contributed by atoms with E-state index in [-0.39, 0.29) is 25.6 Å². The summed E-state index contributed by atoms with van der Waals surface area (Å²) in [6.07, 6.45) is 0. The Morgan fingerprint density at radius 2 is 1.87 bits per heavy atom. The molecule has 5 nitrogen and oxygen atoms in total. The van der Waals surface area contributed by atoms with Crippen LogP contribution in [0.5, 0.6) is 0 Å². The molecule has 2 fully saturated rings. The van der Waals surface area contributed by atoms with Gasteiger partial charge in [-0.1, -0.05) is 0 Å². The third-order valence-electron chi connectivity index (χ3n) is 4.76. The number of hydrogen-bond acceptors (Lipinski definition) is 3. The molecule has 0 aromatic heterocycles. The Bertz CT molecular complexity index is 697. The molecule has 0 aliphatic carbocycles. The topological polar surface area (TPSA) is 60.9 Å². The minimum absolute atomic E-state index is 0.0748. The summed E-state index contributed by atoms with van der Waals surface area (Å²) in [4.78, 5) is 27.2. The first kappa shape index (κ1) is 15.8. The van der Waals surface area contributed by atoms with Crippen molar-refractivity contribution in [2.45, 2.75) is 0 Å². The van der Waals surface area contributed by atoms with Gasteiger partial charge in [-0.25, -0.2) is 13.2 Å². The predicted octanol–water partition coefficient (Wildman–Crippen LogP) is 1.19. The Balaban J connectivity index is 1.89. The average Bonchev–Trinajstić information content (AvgIpc) is 2.98. The number of aliphatic carboxylic acids is 1. The second kappa shape index (κ2) is 5.23. The van der Waals surface area contributed by atoms with Gasteiger partial charge in [0.2, 0.25) is 0 Å². The van der Waals surface area contributed by atoms with Crippen LogP contribution in [0.15, 0.2) is 12.1 Å². The summed E-state index contributed by atoms with van der Waals surface area (Å²) >= 11 is 0. The molecule has 1 aromatic carbocycles. The minimum Gasteiger partial charge on any atom is -0.481 e. The van der Waals surface area contributed by atoms with Gasteiger partial charge >= 0.3 is 5.97 Å². The standard InChI is InChI=1S/C15H15F3N2O3/c1-19-4-8-5-20(7-15(8,6-19)14(22)23)13(21)9-2-3-10(16)12(18)11(9)17/h2-3,8H,4-7H2,1H3,(H,22,23)/t8-,15-/m0/s1. The lowest BCUT2D eigenvalue weighted by Crippen LogP contribution is -2.41. The maximum atomic E-state index is 13.8. The van der Waals surface area contributed by atoms with E-state index in [1.165, 1.54) is 4.90 Å². The number of nitrogens with zero attached hydrogens (tertiary/aromatic N) is 2. The summed E-state index contributed by atoms with van der Waals surface area (Å²) < 4.78 is 40.1. The lowest BCUT2D eigenvalue weighted by atomic mass is 9.81. The monoisotopic (exact) mass is 328 g/mol. The fourth-order valence-corrected chi connectivity index (χ4v) is 3.64. The summed E-state index contributed by atoms with van der Waals surface area (Å²) in [6, 6.07) is 1.56. The van der Waals surface area contributed by atoms with E-state index in [1.807, 2.05) is 4.90 Å². The number of benzene rings is 1. The highest BCUT2D eigenvalue weighted by Crippen LogP contribution is 2.42. The molecule has 23 heavy (non-hydrogen) atoms. The molecule has 1 amide bonds. The second-order valence-corrected chi connectivity index (χ2v) is 6.26. The van der Waals surface area contributed by atoms with Crippen LogP contribution >= 0.6 is 0 Å². The largest absolute Gasteiger partial charge is 0.481 e. The molecule has 2 aliphatic rings. The molecule has 0 unspecified atom stereocenters. The number of carbonyl (C=O) groups is 2. The maximum absolute atomic E-state index is 13.8. The van der Waals surface area contributed by atoms with Gasteiger partial charge < -0.3 is 14.9 Å². The summed E-state index contributed by atoms with van der Waals surface area (Å²) in [7, 11) is 1.80. The SMILES string of the molecule is CN1C[C@H]2CN(C(=O)c3ccc(F)c(F)c3F)C[C@@]2(C(=O)O)C1. The lowest BCUT2D eigenvalue weighted by Gasteiger charge is -2.24. The molecule has 1 aromatic rings. The van der Waals surface area contributed by atoms with Crippen LogP contribution in [0.3, 0.4) is 0 Å². The van der Waals surface area contributed by atoms with Crippen molar-refractivity contribution in [3.05, 3.63) is 35.1 Å². The number of carboxylic acid groups (broad SMARTS) is 1. The Hall–Kier alpha value is -2.09. The fraction of sp³-hybridized carbons (Fsp3) is 0.467. The quantitative estimate of drug-likeness (QED) is 0.829. The first-order chi connectivity index (χ1) is 10.8. The third kappa shape index (κ3) is 2.28. The van der Waals surface area contributed by atoms with Crippen molar-refractivity contribution in [3.8, 4) is 0 Å². The van der Waals surface area contributed by atoms with Crippen LogP contribution in [0.1, 0.15) is 10.4 Å². The number of rotatable bonds is 2. The van der Waals surface area contributed by atoms with Crippen LogP contribution in [0.4, 0.5) is 13.2 Å². The van der Waals surface area contributed by atoms with E-state index >= 15 is 0 Å². The van der Waals surface area contributed by atoms with Crippen LogP contribution in [0, 0.1) is 28.8 Å². The van der Waals surface area contributed by atoms with Gasteiger partial charge in [0.15, 0.2) is 17.5 Å². The van der Waals surface area contributed by atoms with Crippen molar-refractivity contribution in [2.24, 2.45) is 11.3 Å². The molecule has 3 rings (SSSR count). The number of halogens is 3. The Morgan fingerprint density at radius 1 is 1.17 bits per heavy atom. The van der Waals surface area contributed by atoms with Gasteiger partial charge in [-0.3, -0.25) is 9.59 Å². The number of amides is 1. The first-order valence-corrected chi connectivity index (χ1v) is 7.11. The normalized spacial score (nSPS) is 27.3. The van der Waals surface area contributed by atoms with Crippen molar-refractivity contribution in [1.82, 2.24) is 9.80 Å². The van der Waals surface area contributed by atoms with Crippen LogP contribution in [0.25, 0.3) is 0 Å². The average molecular weight is 328 g/mol. The van der Waals surface area contributed by atoms with Crippen molar-refractivity contribution < 1.29 is 27.9 Å². The highest BCUT2D eigenvalue weighted by molar-refractivity contribution is 5.95. The van der Waals surface area contributed by atoms with Crippen LogP contribution in [-0.2, 0) is 4.79 Å². The van der Waals surface area contributed by atoms with E-state index in [1.54, 1.807) is 7.05 Å². The predicted molar refractivity (Wildman–Crippen MR) is 73.3 cm³/mol. The van der Waals surface area contributed by atoms with Crippen LogP contribution in [-0.4, -0.2) is 60.0 Å². The lowest BCUT2D eigenvalue weighted by molar-refractivity contribution is -0.148. The second-order valence-electron chi connectivity index (χ2n) is 6.26. The van der Waals surface area contributed by atoms with Gasteiger partial charge in [-0.15, -0.1) is 0 Å². The number of fused-ring (bicyclic) bond motifs is 1. The van der Waals surface area contributed by atoms with E-state index < -0.39 is 40.3 Å². The zero-order valence-corrected chi connectivity index (χ0v) is 12.4. The zero-order chi connectivity index (χ0) is 16.9. The number of carboxylic acids is 1. The molecule has 0 spiro atoms. The van der Waals surface area contributed by atoms with E-state index in [0.717, 1.165) is 6.07 Å². The van der Waals surface area contributed by atoms with Crippen LogP contribution < -0.4 is 0 Å². The van der Waals surface area contributed by atoms with E-state index in [4.69, 9.17) is 0 Å². The maximum Gasteiger partial charge on any atom is 0.313 e. The molecule has 0 radical (unpaired) electrons. The molecule has 0 bridgehead atoms. The van der Waals surface area contributed by atoms with E-state index in [0.29, 0.717) is 12.6 Å². The van der Waals surface area contributed by atoms with Crippen molar-refractivity contribution in [2.75, 3.05) is 33.2 Å². The van der Waals surface area contributed by atoms with Gasteiger partial charge in [-0.2, -0.15) is 0 Å². The summed E-state index contributed by atoms with van der Waals surface area (Å²) in [5, 5.41) is 9.55. The molecule has 2 saturated heterocycles. The third-order valence-corrected chi connectivity index (χ3v) is 4.76. The highest BCUT2D eigenvalue weighted by Gasteiger charge is 2.57. The molecule has 2 heterocycles. The number of carbonyl (C=O) groups excluding carboxylic acids is 1. The number of hydrogen-bond donors (Lipinski definition) is 1. The smallest absolute Gasteiger partial charge is 0.313 e. The van der Waals surface area contributed by atoms with Crippen LogP contribution in [0.2, 0.25) is 0 Å². The van der Waals surface area contributed by atoms with Crippen molar-refractivity contribution in [3.63, 3.8) is 0 Å². The van der Waals surface area contributed by atoms with Crippen molar-refractivity contribution >= 4 is 11.9 Å². The van der Waals surface area contributed by atoms with E-state index in [9.17, 15) is 27.9 Å². The van der Waals surface area contributed by atoms with Gasteiger partial charge in [-0.05, 0) is 19.2 Å². The first-order valence-electron chi connectivity index (χ1n) is 7.11. The van der Waals surface area contributed by atoms with Gasteiger partial charge in [0.1, 0.15) is 5.41 Å². The molecular weight excluding hydrogens is 313 g/mol. The summed E-state index contributed by atoms with van der Waals surface area (Å²) in [6.45, 7) is 0.871. The van der Waals surface area contributed by atoms with Gasteiger partial charge in [0, 0.05) is 32.1 Å². The highest BCUT2D eigenvalue weighted by atomic mass is 19.2. The molecule has 8 heteroatoms. The van der Waals surface area contributed by atoms with Gasteiger partial charge in [0.05, 0.1) is 5.56 Å². The Morgan fingerprint density at radius 3 is 2.48 bits per heavy atom. The molecule has 2 atom stereocenters. The molecule has 1 N–H and O–H groups in total. The van der Waals surface area contributed by atoms with Crippen molar-refractivity contribution in [1.29, 1.82) is 0 Å². The fourth-order valence-electron chi connectivity index (χ4n) is 3.64. The molecular formula is C15H15F3N2O3. The molecule has 124 valence electrons. The number of likely N-dealkylation sites (tertiary alicyclic amines) is 2.